The first-order valence-corrected chi connectivity index (χ1v) is 7.18. The number of hydrogen-bond donors (Lipinski definition) is 1. The summed E-state index contributed by atoms with van der Waals surface area (Å²) in [6.07, 6.45) is 8.69. The van der Waals surface area contributed by atoms with Crippen molar-refractivity contribution in [1.82, 2.24) is 15.1 Å². The first-order valence-electron chi connectivity index (χ1n) is 7.18. The van der Waals surface area contributed by atoms with E-state index in [2.05, 4.69) is 10.4 Å². The first kappa shape index (κ1) is 14.6. The van der Waals surface area contributed by atoms with Crippen molar-refractivity contribution in [3.05, 3.63) is 18.0 Å². The number of aromatic nitrogens is 2. The third-order valence-corrected chi connectivity index (χ3v) is 3.42. The Morgan fingerprint density at radius 3 is 2.85 bits per heavy atom. The Bertz CT molecular complexity index is 464. The molecular formula is C14H21N3O3. The molecule has 0 spiro atoms. The van der Waals surface area contributed by atoms with Crippen LogP contribution in [0, 0.1) is 0 Å². The zero-order valence-corrected chi connectivity index (χ0v) is 11.8. The highest BCUT2D eigenvalue weighted by Crippen LogP contribution is 2.17. The number of nitrogens with one attached hydrogen (secondary N) is 1. The van der Waals surface area contributed by atoms with E-state index in [1.807, 2.05) is 0 Å². The maximum absolute atomic E-state index is 11.9. The number of esters is 1. The zero-order chi connectivity index (χ0) is 14.4. The normalized spacial score (nSPS) is 15.8. The zero-order valence-electron chi connectivity index (χ0n) is 11.8. The van der Waals surface area contributed by atoms with Crippen molar-refractivity contribution in [2.45, 2.75) is 51.6 Å². The first-order chi connectivity index (χ1) is 9.69. The van der Waals surface area contributed by atoms with Gasteiger partial charge in [0.1, 0.15) is 6.54 Å². The molecule has 0 aliphatic heterocycles. The van der Waals surface area contributed by atoms with E-state index in [0.717, 1.165) is 12.8 Å². The molecule has 0 atom stereocenters. The predicted molar refractivity (Wildman–Crippen MR) is 73.2 cm³/mol. The fourth-order valence-corrected chi connectivity index (χ4v) is 2.44. The molecule has 0 aromatic carbocycles. The van der Waals surface area contributed by atoms with Crippen LogP contribution in [0.25, 0.3) is 0 Å². The van der Waals surface area contributed by atoms with Gasteiger partial charge in [-0.05, 0) is 19.8 Å². The fraction of sp³-hybridized carbons (Fsp3) is 0.643. The molecule has 110 valence electrons. The molecule has 1 heterocycles. The summed E-state index contributed by atoms with van der Waals surface area (Å²) in [6, 6.07) is 0.288. The molecule has 6 nitrogen and oxygen atoms in total. The lowest BCUT2D eigenvalue weighted by atomic mass is 9.95. The lowest BCUT2D eigenvalue weighted by Gasteiger charge is -2.22. The molecule has 1 N–H and O–H groups in total. The molecule has 1 amide bonds. The molecule has 1 aromatic rings. The minimum atomic E-state index is -0.411. The molecule has 0 saturated heterocycles. The van der Waals surface area contributed by atoms with Gasteiger partial charge >= 0.3 is 5.97 Å². The smallest absolute Gasteiger partial charge is 0.341 e. The monoisotopic (exact) mass is 279 g/mol. The van der Waals surface area contributed by atoms with Crippen LogP contribution in [0.1, 0.15) is 49.4 Å². The third kappa shape index (κ3) is 4.08. The van der Waals surface area contributed by atoms with Crippen molar-refractivity contribution in [2.24, 2.45) is 0 Å². The second-order valence-corrected chi connectivity index (χ2v) is 5.05. The second-order valence-electron chi connectivity index (χ2n) is 5.05. The quantitative estimate of drug-likeness (QED) is 0.829. The highest BCUT2D eigenvalue weighted by atomic mass is 16.5. The Balaban J connectivity index is 1.83. The van der Waals surface area contributed by atoms with Gasteiger partial charge in [-0.3, -0.25) is 9.48 Å². The Hall–Kier alpha value is -1.85. The minimum absolute atomic E-state index is 0.0598. The van der Waals surface area contributed by atoms with E-state index in [4.69, 9.17) is 4.74 Å². The molecule has 2 rings (SSSR count). The van der Waals surface area contributed by atoms with Crippen molar-refractivity contribution in [1.29, 1.82) is 0 Å². The van der Waals surface area contributed by atoms with E-state index >= 15 is 0 Å². The third-order valence-electron chi connectivity index (χ3n) is 3.42. The van der Waals surface area contributed by atoms with E-state index in [9.17, 15) is 9.59 Å². The number of rotatable bonds is 5. The second kappa shape index (κ2) is 7.07. The van der Waals surface area contributed by atoms with Gasteiger partial charge in [0.25, 0.3) is 0 Å². The fourth-order valence-electron chi connectivity index (χ4n) is 2.44. The van der Waals surface area contributed by atoms with Crippen LogP contribution in [0.4, 0.5) is 0 Å². The van der Waals surface area contributed by atoms with Gasteiger partial charge in [0, 0.05) is 12.2 Å². The molecule has 1 aliphatic rings. The summed E-state index contributed by atoms with van der Waals surface area (Å²) < 4.78 is 6.34. The Kier molecular flexibility index (Phi) is 5.15. The minimum Gasteiger partial charge on any atom is -0.462 e. The molecule has 1 aromatic heterocycles. The maximum Gasteiger partial charge on any atom is 0.341 e. The van der Waals surface area contributed by atoms with Gasteiger partial charge in [-0.25, -0.2) is 4.79 Å². The summed E-state index contributed by atoms with van der Waals surface area (Å²) in [5.74, 6) is -0.471. The van der Waals surface area contributed by atoms with E-state index in [1.54, 1.807) is 13.1 Å². The van der Waals surface area contributed by atoms with Gasteiger partial charge in [0.2, 0.25) is 5.91 Å². The van der Waals surface area contributed by atoms with Crippen LogP contribution < -0.4 is 5.32 Å². The van der Waals surface area contributed by atoms with Gasteiger partial charge in [-0.2, -0.15) is 5.10 Å². The van der Waals surface area contributed by atoms with E-state index in [1.165, 1.54) is 30.1 Å². The van der Waals surface area contributed by atoms with E-state index in [-0.39, 0.29) is 18.5 Å². The lowest BCUT2D eigenvalue weighted by Crippen LogP contribution is -2.38. The number of amides is 1. The van der Waals surface area contributed by atoms with Crippen molar-refractivity contribution in [2.75, 3.05) is 6.61 Å². The average Bonchev–Trinajstić information content (AvgIpc) is 2.88. The van der Waals surface area contributed by atoms with Gasteiger partial charge in [0.15, 0.2) is 0 Å². The van der Waals surface area contributed by atoms with Crippen molar-refractivity contribution >= 4 is 11.9 Å². The number of carbonyl (C=O) groups excluding carboxylic acids is 2. The molecule has 1 aliphatic carbocycles. The van der Waals surface area contributed by atoms with E-state index in [0.29, 0.717) is 12.2 Å². The standard InChI is InChI=1S/C14H21N3O3/c1-2-20-14(19)11-8-15-17(9-11)10-13(18)16-12-6-4-3-5-7-12/h8-9,12H,2-7,10H2,1H3,(H,16,18). The van der Waals surface area contributed by atoms with Crippen molar-refractivity contribution in [3.63, 3.8) is 0 Å². The lowest BCUT2D eigenvalue weighted by molar-refractivity contribution is -0.122. The predicted octanol–water partition coefficient (Wildman–Crippen LogP) is 1.51. The summed E-state index contributed by atoms with van der Waals surface area (Å²) >= 11 is 0. The highest BCUT2D eigenvalue weighted by Gasteiger charge is 2.16. The molecule has 0 bridgehead atoms. The van der Waals surface area contributed by atoms with Crippen LogP contribution in [-0.2, 0) is 16.1 Å². The molecule has 0 unspecified atom stereocenters. The topological polar surface area (TPSA) is 73.2 Å². The summed E-state index contributed by atoms with van der Waals surface area (Å²) in [5, 5.41) is 7.02. The van der Waals surface area contributed by atoms with Crippen LogP contribution >= 0.6 is 0 Å². The number of hydrogen-bond acceptors (Lipinski definition) is 4. The summed E-state index contributed by atoms with van der Waals surface area (Å²) in [4.78, 5) is 23.4. The van der Waals surface area contributed by atoms with Crippen LogP contribution in [0.5, 0.6) is 0 Å². The Morgan fingerprint density at radius 1 is 1.40 bits per heavy atom. The van der Waals surface area contributed by atoms with Crippen LogP contribution in [0.2, 0.25) is 0 Å². The summed E-state index contributed by atoms with van der Waals surface area (Å²) in [5.41, 5.74) is 0.373. The average molecular weight is 279 g/mol. The van der Waals surface area contributed by atoms with Crippen LogP contribution in [0.3, 0.4) is 0 Å². The summed E-state index contributed by atoms with van der Waals surface area (Å²) in [6.45, 7) is 2.21. The molecular weight excluding hydrogens is 258 g/mol. The number of ether oxygens (including phenoxy) is 1. The molecule has 20 heavy (non-hydrogen) atoms. The molecule has 0 radical (unpaired) electrons. The Labute approximate surface area is 118 Å². The SMILES string of the molecule is CCOC(=O)c1cnn(CC(=O)NC2CCCCC2)c1. The largest absolute Gasteiger partial charge is 0.462 e. The Morgan fingerprint density at radius 2 is 2.15 bits per heavy atom. The molecule has 1 saturated carbocycles. The van der Waals surface area contributed by atoms with E-state index < -0.39 is 5.97 Å². The van der Waals surface area contributed by atoms with Crippen LogP contribution in [0.15, 0.2) is 12.4 Å². The van der Waals surface area contributed by atoms with Gasteiger partial charge in [0.05, 0.1) is 18.4 Å². The van der Waals surface area contributed by atoms with Crippen molar-refractivity contribution < 1.29 is 14.3 Å². The molecule has 1 fully saturated rings. The molecule has 6 heteroatoms. The summed E-state index contributed by atoms with van der Waals surface area (Å²) in [7, 11) is 0. The number of carbonyl (C=O) groups is 2. The van der Waals surface area contributed by atoms with Gasteiger partial charge in [-0.15, -0.1) is 0 Å². The van der Waals surface area contributed by atoms with Gasteiger partial charge in [-0.1, -0.05) is 19.3 Å². The van der Waals surface area contributed by atoms with Gasteiger partial charge < -0.3 is 10.1 Å². The maximum atomic E-state index is 11.9. The highest BCUT2D eigenvalue weighted by molar-refractivity contribution is 5.88. The van der Waals surface area contributed by atoms with Crippen molar-refractivity contribution in [3.8, 4) is 0 Å². The van der Waals surface area contributed by atoms with Crippen LogP contribution in [-0.4, -0.2) is 34.3 Å². The number of nitrogens with zero attached hydrogens (tertiary/aromatic N) is 2.